The van der Waals surface area contributed by atoms with E-state index in [1.165, 1.54) is 17.8 Å². The Morgan fingerprint density at radius 3 is 2.16 bits per heavy atom. The van der Waals surface area contributed by atoms with E-state index in [4.69, 9.17) is 11.6 Å². The molecule has 5 nitrogen and oxygen atoms in total. The van der Waals surface area contributed by atoms with Crippen molar-refractivity contribution in [2.45, 2.75) is 35.7 Å². The summed E-state index contributed by atoms with van der Waals surface area (Å²) in [5, 5.41) is 4.16. The highest BCUT2D eigenvalue weighted by molar-refractivity contribution is 8.00. The molecule has 2 unspecified atom stereocenters. The van der Waals surface area contributed by atoms with Gasteiger partial charge in [0.05, 0.1) is 0 Å². The molecular formula is C27H32ClF3N4OS. The minimum absolute atomic E-state index is 0.105. The number of thioether (sulfide) groups is 1. The van der Waals surface area contributed by atoms with E-state index in [1.807, 2.05) is 17.0 Å². The van der Waals surface area contributed by atoms with Gasteiger partial charge in [0.25, 0.3) is 0 Å². The number of hydrogen-bond acceptors (Lipinski definition) is 5. The number of halogens is 4. The van der Waals surface area contributed by atoms with Crippen LogP contribution in [0.4, 0.5) is 24.5 Å². The van der Waals surface area contributed by atoms with Crippen LogP contribution in [0.2, 0.25) is 5.02 Å². The standard InChI is InChI=1S/C27H32ClF3N4OS/c28-21-1-5-24(6-2-21)35-17-19-15-33(16-20(19)18-35)12-11-26(36)34-13-9-23(10-14-34)32-22-3-7-25(8-4-22)37-27(29,30)31/h1-8,19-20,23,32H,9-18H2. The molecule has 0 saturated carbocycles. The largest absolute Gasteiger partial charge is 0.446 e. The molecule has 2 atom stereocenters. The number of hydrogen-bond donors (Lipinski definition) is 1. The number of amides is 1. The van der Waals surface area contributed by atoms with Crippen molar-refractivity contribution in [2.75, 3.05) is 56.0 Å². The molecule has 0 spiro atoms. The van der Waals surface area contributed by atoms with Crippen LogP contribution in [-0.4, -0.2) is 73.1 Å². The lowest BCUT2D eigenvalue weighted by Gasteiger charge is -2.33. The number of nitrogens with zero attached hydrogens (tertiary/aromatic N) is 3. The van der Waals surface area contributed by atoms with Crippen molar-refractivity contribution in [1.82, 2.24) is 9.80 Å². The van der Waals surface area contributed by atoms with Gasteiger partial charge in [0.1, 0.15) is 0 Å². The van der Waals surface area contributed by atoms with Gasteiger partial charge in [-0.25, -0.2) is 0 Å². The zero-order chi connectivity index (χ0) is 26.0. The normalized spacial score (nSPS) is 22.9. The van der Waals surface area contributed by atoms with Crippen LogP contribution in [0.15, 0.2) is 53.4 Å². The van der Waals surface area contributed by atoms with Crippen molar-refractivity contribution >= 4 is 40.6 Å². The highest BCUT2D eigenvalue weighted by atomic mass is 35.5. The molecule has 2 aromatic carbocycles. The fourth-order valence-electron chi connectivity index (χ4n) is 5.81. The lowest BCUT2D eigenvalue weighted by atomic mass is 10.0. The van der Waals surface area contributed by atoms with Crippen LogP contribution in [0.5, 0.6) is 0 Å². The number of anilines is 2. The third kappa shape index (κ3) is 7.06. The molecule has 3 fully saturated rings. The van der Waals surface area contributed by atoms with Gasteiger partial charge in [-0.05, 0) is 85.0 Å². The smallest absolute Gasteiger partial charge is 0.382 e. The molecular weight excluding hydrogens is 521 g/mol. The van der Waals surface area contributed by atoms with E-state index >= 15 is 0 Å². The monoisotopic (exact) mass is 552 g/mol. The summed E-state index contributed by atoms with van der Waals surface area (Å²) in [5.74, 6) is 1.51. The van der Waals surface area contributed by atoms with Crippen molar-refractivity contribution < 1.29 is 18.0 Å². The first kappa shape index (κ1) is 26.5. The van der Waals surface area contributed by atoms with Crippen LogP contribution in [0.3, 0.4) is 0 Å². The molecule has 1 amide bonds. The van der Waals surface area contributed by atoms with Crippen LogP contribution < -0.4 is 10.2 Å². The first-order valence-electron chi connectivity index (χ1n) is 12.8. The summed E-state index contributed by atoms with van der Waals surface area (Å²) in [7, 11) is 0. The molecule has 37 heavy (non-hydrogen) atoms. The molecule has 0 radical (unpaired) electrons. The zero-order valence-electron chi connectivity index (χ0n) is 20.6. The van der Waals surface area contributed by atoms with Crippen LogP contribution in [0, 0.1) is 11.8 Å². The Balaban J connectivity index is 1.00. The third-order valence-corrected chi connectivity index (χ3v) is 8.69. The maximum absolute atomic E-state index is 12.8. The summed E-state index contributed by atoms with van der Waals surface area (Å²) in [6.07, 6.45) is 2.22. The third-order valence-electron chi connectivity index (χ3n) is 7.70. The number of piperidine rings is 1. The molecule has 0 bridgehead atoms. The summed E-state index contributed by atoms with van der Waals surface area (Å²) in [5.41, 5.74) is -2.23. The summed E-state index contributed by atoms with van der Waals surface area (Å²) in [6, 6.07) is 14.6. The van der Waals surface area contributed by atoms with Crippen LogP contribution in [0.25, 0.3) is 0 Å². The second-order valence-electron chi connectivity index (χ2n) is 10.3. The number of nitrogens with one attached hydrogen (secondary N) is 1. The molecule has 3 aliphatic heterocycles. The Hall–Kier alpha value is -2.10. The highest BCUT2D eigenvalue weighted by Crippen LogP contribution is 2.37. The molecule has 3 heterocycles. The topological polar surface area (TPSA) is 38.8 Å². The first-order chi connectivity index (χ1) is 17.7. The van der Waals surface area contributed by atoms with Gasteiger partial charge in [-0.15, -0.1) is 0 Å². The lowest BCUT2D eigenvalue weighted by Crippen LogP contribution is -2.43. The fraction of sp³-hybridized carbons (Fsp3) is 0.519. The SMILES string of the molecule is O=C(CCN1CC2CN(c3ccc(Cl)cc3)CC2C1)N1CCC(Nc2ccc(SC(F)(F)F)cc2)CC1. The number of alkyl halides is 3. The minimum atomic E-state index is -4.28. The molecule has 5 rings (SSSR count). The highest BCUT2D eigenvalue weighted by Gasteiger charge is 2.40. The number of likely N-dealkylation sites (tertiary alicyclic amines) is 2. The average molecular weight is 553 g/mol. The van der Waals surface area contributed by atoms with E-state index in [-0.39, 0.29) is 28.6 Å². The molecule has 2 aromatic rings. The maximum Gasteiger partial charge on any atom is 0.446 e. The number of benzene rings is 2. The van der Waals surface area contributed by atoms with Gasteiger partial charge in [0.15, 0.2) is 0 Å². The predicted octanol–water partition coefficient (Wildman–Crippen LogP) is 5.81. The van der Waals surface area contributed by atoms with E-state index in [2.05, 4.69) is 27.2 Å². The number of rotatable bonds is 7. The van der Waals surface area contributed by atoms with Crippen LogP contribution in [0.1, 0.15) is 19.3 Å². The van der Waals surface area contributed by atoms with E-state index in [0.717, 1.165) is 56.3 Å². The van der Waals surface area contributed by atoms with E-state index in [1.54, 1.807) is 12.1 Å². The Morgan fingerprint density at radius 2 is 1.57 bits per heavy atom. The first-order valence-corrected chi connectivity index (χ1v) is 14.0. The summed E-state index contributed by atoms with van der Waals surface area (Å²) in [4.78, 5) is 19.9. The summed E-state index contributed by atoms with van der Waals surface area (Å²) >= 11 is 5.92. The van der Waals surface area contributed by atoms with E-state index in [9.17, 15) is 18.0 Å². The number of carbonyl (C=O) groups is 1. The van der Waals surface area contributed by atoms with Gasteiger partial charge in [-0.1, -0.05) is 11.6 Å². The average Bonchev–Trinajstić information content (AvgIpc) is 3.43. The Labute approximate surface area is 225 Å². The molecule has 0 aromatic heterocycles. The summed E-state index contributed by atoms with van der Waals surface area (Å²) in [6.45, 7) is 6.44. The van der Waals surface area contributed by atoms with Gasteiger partial charge >= 0.3 is 5.51 Å². The van der Waals surface area contributed by atoms with Crippen molar-refractivity contribution in [2.24, 2.45) is 11.8 Å². The molecule has 1 N–H and O–H groups in total. The number of fused-ring (bicyclic) bond motifs is 1. The van der Waals surface area contributed by atoms with Crippen molar-refractivity contribution in [1.29, 1.82) is 0 Å². The summed E-state index contributed by atoms with van der Waals surface area (Å²) < 4.78 is 37.5. The second-order valence-corrected chi connectivity index (χ2v) is 11.9. The van der Waals surface area contributed by atoms with Gasteiger partial charge in [-0.3, -0.25) is 4.79 Å². The maximum atomic E-state index is 12.8. The Kier molecular flexibility index (Phi) is 8.12. The van der Waals surface area contributed by atoms with E-state index in [0.29, 0.717) is 31.3 Å². The van der Waals surface area contributed by atoms with Crippen molar-refractivity contribution in [3.63, 3.8) is 0 Å². The van der Waals surface area contributed by atoms with Gasteiger partial charge in [0.2, 0.25) is 5.91 Å². The molecule has 3 aliphatic rings. The van der Waals surface area contributed by atoms with Crippen molar-refractivity contribution in [3.05, 3.63) is 53.6 Å². The second kappa shape index (κ2) is 11.3. The number of carbonyl (C=O) groups excluding carboxylic acids is 1. The quantitative estimate of drug-likeness (QED) is 0.439. The Bertz CT molecular complexity index is 1050. The lowest BCUT2D eigenvalue weighted by molar-refractivity contribution is -0.132. The molecule has 0 aliphatic carbocycles. The van der Waals surface area contributed by atoms with E-state index < -0.39 is 5.51 Å². The fourth-order valence-corrected chi connectivity index (χ4v) is 6.47. The van der Waals surface area contributed by atoms with Gasteiger partial charge < -0.3 is 20.0 Å². The zero-order valence-corrected chi connectivity index (χ0v) is 22.2. The molecule has 3 saturated heterocycles. The van der Waals surface area contributed by atoms with Gasteiger partial charge in [0, 0.05) is 79.6 Å². The minimum Gasteiger partial charge on any atom is -0.382 e. The van der Waals surface area contributed by atoms with Gasteiger partial charge in [-0.2, -0.15) is 13.2 Å². The predicted molar refractivity (Wildman–Crippen MR) is 143 cm³/mol. The molecule has 10 heteroatoms. The Morgan fingerprint density at radius 1 is 0.946 bits per heavy atom. The van der Waals surface area contributed by atoms with Crippen LogP contribution in [-0.2, 0) is 4.79 Å². The molecule has 200 valence electrons. The van der Waals surface area contributed by atoms with Crippen LogP contribution >= 0.6 is 23.4 Å². The van der Waals surface area contributed by atoms with Crippen molar-refractivity contribution in [3.8, 4) is 0 Å².